The summed E-state index contributed by atoms with van der Waals surface area (Å²) in [6.07, 6.45) is 4.24. The number of rotatable bonds is 2. The van der Waals surface area contributed by atoms with Crippen molar-refractivity contribution in [3.8, 4) is 0 Å². The van der Waals surface area contributed by atoms with Gasteiger partial charge in [-0.2, -0.15) is 0 Å². The van der Waals surface area contributed by atoms with Crippen LogP contribution in [0, 0.1) is 0 Å². The van der Waals surface area contributed by atoms with Gasteiger partial charge in [0.25, 0.3) is 0 Å². The van der Waals surface area contributed by atoms with Crippen LogP contribution in [-0.2, 0) is 21.3 Å². The van der Waals surface area contributed by atoms with E-state index in [0.29, 0.717) is 11.5 Å². The van der Waals surface area contributed by atoms with Crippen LogP contribution < -0.4 is 5.73 Å². The Morgan fingerprint density at radius 1 is 1.14 bits per heavy atom. The van der Waals surface area contributed by atoms with Gasteiger partial charge in [0.1, 0.15) is 16.2 Å². The monoisotopic (exact) mass is 454 g/mol. The van der Waals surface area contributed by atoms with Gasteiger partial charge in [0.2, 0.25) is 0 Å². The van der Waals surface area contributed by atoms with E-state index in [4.69, 9.17) is 15.2 Å². The maximum atomic E-state index is 13.0. The minimum atomic E-state index is -0.881. The first-order valence-electron chi connectivity index (χ1n) is 8.80. The molecule has 1 amide bonds. The number of hydrogen-bond acceptors (Lipinski definition) is 6. The molecule has 0 saturated heterocycles. The second-order valence-electron chi connectivity index (χ2n) is 8.45. The number of esters is 1. The molecule has 1 unspecified atom stereocenters. The molecule has 1 aliphatic rings. The van der Waals surface area contributed by atoms with Crippen molar-refractivity contribution in [2.24, 2.45) is 12.8 Å². The second-order valence-corrected chi connectivity index (χ2v) is 9.32. The normalized spacial score (nSPS) is 18.1. The van der Waals surface area contributed by atoms with Gasteiger partial charge < -0.3 is 19.8 Å². The number of nitrogens with two attached hydrogens (primary N) is 1. The molecule has 0 saturated carbocycles. The van der Waals surface area contributed by atoms with Crippen LogP contribution in [0.1, 0.15) is 47.4 Å². The van der Waals surface area contributed by atoms with Gasteiger partial charge in [0.05, 0.1) is 11.3 Å². The molecule has 1 aromatic heterocycles. The maximum absolute atomic E-state index is 13.0. The molecule has 2 N–H and O–H groups in total. The fourth-order valence-electron chi connectivity index (χ4n) is 2.52. The molecule has 1 aromatic rings. The van der Waals surface area contributed by atoms with Crippen LogP contribution in [0.2, 0.25) is 0 Å². The molecule has 0 bridgehead atoms. The third-order valence-electron chi connectivity index (χ3n) is 3.59. The van der Waals surface area contributed by atoms with Crippen molar-refractivity contribution >= 4 is 33.7 Å². The zero-order chi connectivity index (χ0) is 21.4. The lowest BCUT2D eigenvalue weighted by atomic mass is 10.1. The van der Waals surface area contributed by atoms with Gasteiger partial charge in [-0.05, 0) is 47.6 Å². The highest BCUT2D eigenvalue weighted by molar-refractivity contribution is 9.09. The number of halogens is 1. The van der Waals surface area contributed by atoms with E-state index in [9.17, 15) is 9.59 Å². The Labute approximate surface area is 173 Å². The highest BCUT2D eigenvalue weighted by Crippen LogP contribution is 2.35. The molecule has 154 valence electrons. The van der Waals surface area contributed by atoms with Crippen LogP contribution in [0.5, 0.6) is 0 Å². The van der Waals surface area contributed by atoms with E-state index < -0.39 is 28.2 Å². The van der Waals surface area contributed by atoms with E-state index in [-0.39, 0.29) is 11.3 Å². The van der Waals surface area contributed by atoms with Gasteiger partial charge in [0, 0.05) is 25.1 Å². The molecular formula is C19H27BrN4O4. The standard InChI is InChI=1S/C19H27BrN4O4/c1-18(2,3)27-16(25)13-11(21)10-12(15-22-8-9-23(15)7)24(14(13)20)17(26)28-19(4,5)6/h8-10,14H,21H2,1-7H3. The highest BCUT2D eigenvalue weighted by atomic mass is 79.9. The number of hydrogen-bond donors (Lipinski definition) is 1. The number of nitrogens with zero attached hydrogens (tertiary/aromatic N) is 3. The summed E-state index contributed by atoms with van der Waals surface area (Å²) in [5.74, 6) is -0.114. The number of aromatic nitrogens is 2. The molecular weight excluding hydrogens is 428 g/mol. The summed E-state index contributed by atoms with van der Waals surface area (Å²) < 4.78 is 12.7. The van der Waals surface area contributed by atoms with E-state index in [1.807, 2.05) is 0 Å². The number of amides is 1. The Hall–Kier alpha value is -2.29. The maximum Gasteiger partial charge on any atom is 0.416 e. The fraction of sp³-hybridized carbons (Fsp3) is 0.526. The highest BCUT2D eigenvalue weighted by Gasteiger charge is 2.41. The summed E-state index contributed by atoms with van der Waals surface area (Å²) in [5, 5.41) is 0. The van der Waals surface area contributed by atoms with Gasteiger partial charge in [-0.15, -0.1) is 0 Å². The smallest absolute Gasteiger partial charge is 0.416 e. The molecule has 28 heavy (non-hydrogen) atoms. The Bertz CT molecular complexity index is 843. The number of carbonyl (C=O) groups is 2. The van der Waals surface area contributed by atoms with E-state index in [2.05, 4.69) is 20.9 Å². The van der Waals surface area contributed by atoms with E-state index in [1.54, 1.807) is 65.6 Å². The molecule has 2 heterocycles. The summed E-state index contributed by atoms with van der Waals surface area (Å²) in [4.78, 5) is 30.4. The van der Waals surface area contributed by atoms with Crippen LogP contribution >= 0.6 is 15.9 Å². The van der Waals surface area contributed by atoms with Crippen molar-refractivity contribution in [1.29, 1.82) is 0 Å². The Balaban J connectivity index is 2.56. The zero-order valence-electron chi connectivity index (χ0n) is 17.2. The summed E-state index contributed by atoms with van der Waals surface area (Å²) in [7, 11) is 1.79. The molecule has 8 nitrogen and oxygen atoms in total. The number of allylic oxidation sites excluding steroid dienone is 1. The summed E-state index contributed by atoms with van der Waals surface area (Å²) in [6.45, 7) is 10.6. The lowest BCUT2D eigenvalue weighted by Crippen LogP contribution is -2.45. The molecule has 0 aromatic carbocycles. The molecule has 0 fully saturated rings. The van der Waals surface area contributed by atoms with Crippen LogP contribution in [0.15, 0.2) is 29.7 Å². The Morgan fingerprint density at radius 2 is 1.71 bits per heavy atom. The van der Waals surface area contributed by atoms with Crippen molar-refractivity contribution in [2.75, 3.05) is 0 Å². The first kappa shape index (κ1) is 22.0. The van der Waals surface area contributed by atoms with Crippen molar-refractivity contribution in [2.45, 2.75) is 57.7 Å². The molecule has 0 spiro atoms. The largest absolute Gasteiger partial charge is 0.456 e. The first-order valence-corrected chi connectivity index (χ1v) is 9.71. The average Bonchev–Trinajstić information content (AvgIpc) is 2.88. The summed E-state index contributed by atoms with van der Waals surface area (Å²) in [6, 6.07) is 0. The average molecular weight is 455 g/mol. The fourth-order valence-corrected chi connectivity index (χ4v) is 3.36. The van der Waals surface area contributed by atoms with Gasteiger partial charge in [-0.1, -0.05) is 15.9 Å². The topological polar surface area (TPSA) is 99.7 Å². The van der Waals surface area contributed by atoms with E-state index in [0.717, 1.165) is 0 Å². The van der Waals surface area contributed by atoms with Gasteiger partial charge >= 0.3 is 12.1 Å². The number of aryl methyl sites for hydroxylation is 1. The van der Waals surface area contributed by atoms with Crippen LogP contribution in [0.4, 0.5) is 4.79 Å². The van der Waals surface area contributed by atoms with E-state index >= 15 is 0 Å². The number of alkyl halides is 1. The molecule has 0 radical (unpaired) electrons. The van der Waals surface area contributed by atoms with Crippen molar-refractivity contribution in [3.63, 3.8) is 0 Å². The van der Waals surface area contributed by atoms with Crippen LogP contribution in [0.25, 0.3) is 5.70 Å². The SMILES string of the molecule is Cn1ccnc1C1=CC(N)=C(C(=O)OC(C)(C)C)C(Br)N1C(=O)OC(C)(C)C. The number of ether oxygens (including phenoxy) is 2. The third kappa shape index (κ3) is 4.95. The zero-order valence-corrected chi connectivity index (χ0v) is 18.8. The molecule has 1 atom stereocenters. The van der Waals surface area contributed by atoms with Gasteiger partial charge in [-0.3, -0.25) is 4.90 Å². The molecule has 0 aliphatic carbocycles. The van der Waals surface area contributed by atoms with Gasteiger partial charge in [-0.25, -0.2) is 14.6 Å². The number of carbonyl (C=O) groups excluding carboxylic acids is 2. The molecule has 9 heteroatoms. The molecule has 1 aliphatic heterocycles. The Morgan fingerprint density at radius 3 is 2.18 bits per heavy atom. The number of imidazole rings is 1. The summed E-state index contributed by atoms with van der Waals surface area (Å²) in [5.41, 5.74) is 5.47. The van der Waals surface area contributed by atoms with E-state index in [1.165, 1.54) is 11.0 Å². The second kappa shape index (κ2) is 7.62. The predicted octanol–water partition coefficient (Wildman–Crippen LogP) is 3.29. The lowest BCUT2D eigenvalue weighted by Gasteiger charge is -2.36. The predicted molar refractivity (Wildman–Crippen MR) is 109 cm³/mol. The van der Waals surface area contributed by atoms with Gasteiger partial charge in [0.15, 0.2) is 5.82 Å². The third-order valence-corrected chi connectivity index (χ3v) is 4.45. The Kier molecular flexibility index (Phi) is 5.98. The lowest BCUT2D eigenvalue weighted by molar-refractivity contribution is -0.150. The van der Waals surface area contributed by atoms with Crippen molar-refractivity contribution in [3.05, 3.63) is 35.6 Å². The first-order chi connectivity index (χ1) is 12.7. The van der Waals surface area contributed by atoms with Crippen molar-refractivity contribution < 1.29 is 19.1 Å². The van der Waals surface area contributed by atoms with Crippen LogP contribution in [-0.4, -0.2) is 42.7 Å². The quantitative estimate of drug-likeness (QED) is 0.418. The van der Waals surface area contributed by atoms with Crippen LogP contribution in [0.3, 0.4) is 0 Å². The minimum Gasteiger partial charge on any atom is -0.456 e. The van der Waals surface area contributed by atoms with Crippen molar-refractivity contribution in [1.82, 2.24) is 14.5 Å². The summed E-state index contributed by atoms with van der Waals surface area (Å²) >= 11 is 3.44. The molecule has 2 rings (SSSR count). The minimum absolute atomic E-state index is 0.124.